The molecule has 0 aliphatic heterocycles. The molecule has 0 aromatic heterocycles. The highest BCUT2D eigenvalue weighted by Gasteiger charge is 2.62. The summed E-state index contributed by atoms with van der Waals surface area (Å²) in [6, 6.07) is 0.646. The van der Waals surface area contributed by atoms with Crippen molar-refractivity contribution in [2.75, 3.05) is 0 Å². The van der Waals surface area contributed by atoms with Crippen LogP contribution in [0.4, 0.5) is 0 Å². The van der Waals surface area contributed by atoms with Gasteiger partial charge in [0.05, 0.1) is 0 Å². The first kappa shape index (κ1) is 22.1. The molecule has 2 N–H and O–H groups in total. The van der Waals surface area contributed by atoms with E-state index in [9.17, 15) is 9.59 Å². The normalized spacial score (nSPS) is 42.5. The van der Waals surface area contributed by atoms with Gasteiger partial charge in [-0.2, -0.15) is 0 Å². The highest BCUT2D eigenvalue weighted by molar-refractivity contribution is 5.77. The zero-order chi connectivity index (χ0) is 21.9. The van der Waals surface area contributed by atoms with E-state index in [4.69, 9.17) is 0 Å². The average molecular weight is 417 g/mol. The van der Waals surface area contributed by atoms with Crippen LogP contribution in [0, 0.1) is 33.5 Å². The Morgan fingerprint density at radius 2 is 1.07 bits per heavy atom. The molecular formula is C26H44N2O2. The topological polar surface area (TPSA) is 58.2 Å². The highest BCUT2D eigenvalue weighted by Crippen LogP contribution is 2.66. The lowest BCUT2D eigenvalue weighted by Gasteiger charge is -2.39. The molecule has 4 aliphatic carbocycles. The number of hydrogen-bond acceptors (Lipinski definition) is 2. The van der Waals surface area contributed by atoms with Gasteiger partial charge in [-0.15, -0.1) is 0 Å². The molecule has 4 aliphatic rings. The van der Waals surface area contributed by atoms with Crippen molar-refractivity contribution in [3.8, 4) is 0 Å². The van der Waals surface area contributed by atoms with Crippen LogP contribution in [0.15, 0.2) is 0 Å². The van der Waals surface area contributed by atoms with Crippen molar-refractivity contribution in [2.24, 2.45) is 33.5 Å². The molecule has 6 atom stereocenters. The quantitative estimate of drug-likeness (QED) is 0.560. The predicted molar refractivity (Wildman–Crippen MR) is 121 cm³/mol. The van der Waals surface area contributed by atoms with Gasteiger partial charge in [0.25, 0.3) is 0 Å². The minimum absolute atomic E-state index is 0.173. The number of carbonyl (C=O) groups excluding carboxylic acids is 2. The van der Waals surface area contributed by atoms with Gasteiger partial charge in [-0.3, -0.25) is 9.59 Å². The number of fused-ring (bicyclic) bond motifs is 4. The molecule has 0 spiro atoms. The first-order valence-corrected chi connectivity index (χ1v) is 12.5. The Hall–Kier alpha value is -1.06. The van der Waals surface area contributed by atoms with Crippen molar-refractivity contribution in [3.63, 3.8) is 0 Å². The van der Waals surface area contributed by atoms with Gasteiger partial charge in [0.15, 0.2) is 0 Å². The van der Waals surface area contributed by atoms with Crippen molar-refractivity contribution >= 4 is 11.8 Å². The molecule has 2 amide bonds. The summed E-state index contributed by atoms with van der Waals surface area (Å²) in [6.07, 6.45) is 10.0. The second-order valence-corrected chi connectivity index (χ2v) is 12.7. The number of hydrogen-bond donors (Lipinski definition) is 2. The molecule has 4 saturated carbocycles. The Balaban J connectivity index is 1.17. The fourth-order valence-electron chi connectivity index (χ4n) is 7.95. The molecular weight excluding hydrogens is 372 g/mol. The third-order valence-corrected chi connectivity index (χ3v) is 11.3. The summed E-state index contributed by atoms with van der Waals surface area (Å²) in [7, 11) is 0. The molecule has 0 saturated heterocycles. The number of carbonyl (C=O) groups is 2. The van der Waals surface area contributed by atoms with Gasteiger partial charge in [-0.1, -0.05) is 41.5 Å². The van der Waals surface area contributed by atoms with Gasteiger partial charge in [0.2, 0.25) is 11.8 Å². The van der Waals surface area contributed by atoms with E-state index in [1.807, 2.05) is 0 Å². The summed E-state index contributed by atoms with van der Waals surface area (Å²) in [5.41, 5.74) is 1.12. The summed E-state index contributed by atoms with van der Waals surface area (Å²) in [5, 5.41) is 6.69. The molecule has 30 heavy (non-hydrogen) atoms. The molecule has 4 rings (SSSR count). The molecule has 0 heterocycles. The molecule has 4 bridgehead atoms. The van der Waals surface area contributed by atoms with E-state index in [-0.39, 0.29) is 22.6 Å². The largest absolute Gasteiger partial charge is 0.353 e. The van der Waals surface area contributed by atoms with Crippen molar-refractivity contribution in [1.29, 1.82) is 0 Å². The number of nitrogens with one attached hydrogen (secondary N) is 2. The minimum atomic E-state index is 0.173. The fraction of sp³-hybridized carbons (Fsp3) is 0.923. The van der Waals surface area contributed by atoms with E-state index in [1.54, 1.807) is 0 Å². The molecule has 4 heteroatoms. The van der Waals surface area contributed by atoms with Crippen LogP contribution in [-0.4, -0.2) is 23.9 Å². The van der Waals surface area contributed by atoms with Gasteiger partial charge >= 0.3 is 0 Å². The highest BCUT2D eigenvalue weighted by atomic mass is 16.2. The monoisotopic (exact) mass is 416 g/mol. The summed E-state index contributed by atoms with van der Waals surface area (Å²) < 4.78 is 0. The van der Waals surface area contributed by atoms with Crippen LogP contribution in [0.2, 0.25) is 0 Å². The second-order valence-electron chi connectivity index (χ2n) is 12.7. The number of amides is 2. The Kier molecular flexibility index (Phi) is 5.34. The standard InChI is InChI=1S/C26H44N2O2/c1-23(2)17-11-13-25(23,5)19(15-17)27-21(29)9-7-8-10-22(30)28-20-16-18-12-14-26(20,6)24(18,3)4/h17-20H,7-16H2,1-6H3,(H,27,29)(H,28,30). The van der Waals surface area contributed by atoms with Crippen LogP contribution in [0.5, 0.6) is 0 Å². The van der Waals surface area contributed by atoms with Crippen LogP contribution in [0.25, 0.3) is 0 Å². The SMILES string of the molecule is CC1(C)C2CCC1(C)C(NC(=O)CCCCC(=O)NC1CC3CCC1(C)C3(C)C)C2. The lowest BCUT2D eigenvalue weighted by molar-refractivity contribution is -0.124. The maximum absolute atomic E-state index is 12.5. The van der Waals surface area contributed by atoms with Crippen LogP contribution in [0.1, 0.15) is 106 Å². The van der Waals surface area contributed by atoms with E-state index >= 15 is 0 Å². The Morgan fingerprint density at radius 3 is 1.33 bits per heavy atom. The van der Waals surface area contributed by atoms with Gasteiger partial charge in [0.1, 0.15) is 0 Å². The summed E-state index contributed by atoms with van der Waals surface area (Å²) in [4.78, 5) is 25.1. The maximum Gasteiger partial charge on any atom is 0.220 e. The molecule has 4 fully saturated rings. The lowest BCUT2D eigenvalue weighted by Crippen LogP contribution is -2.47. The molecule has 0 aromatic carbocycles. The van der Waals surface area contributed by atoms with E-state index in [0.717, 1.165) is 37.5 Å². The zero-order valence-electron chi connectivity index (χ0n) is 20.2. The maximum atomic E-state index is 12.5. The van der Waals surface area contributed by atoms with E-state index in [2.05, 4.69) is 52.2 Å². The minimum Gasteiger partial charge on any atom is -0.353 e. The Morgan fingerprint density at radius 1 is 0.700 bits per heavy atom. The van der Waals surface area contributed by atoms with Gasteiger partial charge < -0.3 is 10.6 Å². The molecule has 0 radical (unpaired) electrons. The third-order valence-electron chi connectivity index (χ3n) is 11.3. The van der Waals surface area contributed by atoms with Crippen LogP contribution < -0.4 is 10.6 Å². The summed E-state index contributed by atoms with van der Waals surface area (Å²) >= 11 is 0. The van der Waals surface area contributed by atoms with Crippen molar-refractivity contribution in [1.82, 2.24) is 10.6 Å². The third kappa shape index (κ3) is 3.14. The number of unbranched alkanes of at least 4 members (excludes halogenated alkanes) is 1. The molecule has 4 nitrogen and oxygen atoms in total. The van der Waals surface area contributed by atoms with Crippen molar-refractivity contribution in [3.05, 3.63) is 0 Å². The molecule has 170 valence electrons. The smallest absolute Gasteiger partial charge is 0.220 e. The first-order valence-electron chi connectivity index (χ1n) is 12.5. The predicted octanol–water partition coefficient (Wildman–Crippen LogP) is 5.21. The molecule has 0 aromatic rings. The van der Waals surface area contributed by atoms with Crippen LogP contribution in [-0.2, 0) is 9.59 Å². The first-order chi connectivity index (χ1) is 13.9. The zero-order valence-corrected chi connectivity index (χ0v) is 20.2. The van der Waals surface area contributed by atoms with Crippen LogP contribution in [0.3, 0.4) is 0 Å². The lowest BCUT2D eigenvalue weighted by atomic mass is 9.69. The number of rotatable bonds is 7. The van der Waals surface area contributed by atoms with E-state index < -0.39 is 0 Å². The summed E-state index contributed by atoms with van der Waals surface area (Å²) in [6.45, 7) is 14.3. The fourth-order valence-corrected chi connectivity index (χ4v) is 7.95. The summed E-state index contributed by atoms with van der Waals surface area (Å²) in [5.74, 6) is 1.84. The van der Waals surface area contributed by atoms with Gasteiger partial charge in [0, 0.05) is 24.9 Å². The van der Waals surface area contributed by atoms with Gasteiger partial charge in [-0.25, -0.2) is 0 Å². The average Bonchev–Trinajstić information content (AvgIpc) is 3.17. The van der Waals surface area contributed by atoms with E-state index in [0.29, 0.717) is 35.8 Å². The molecule has 6 unspecified atom stereocenters. The van der Waals surface area contributed by atoms with E-state index in [1.165, 1.54) is 25.7 Å². The van der Waals surface area contributed by atoms with Crippen LogP contribution >= 0.6 is 0 Å². The van der Waals surface area contributed by atoms with Crippen molar-refractivity contribution < 1.29 is 9.59 Å². The van der Waals surface area contributed by atoms with Crippen molar-refractivity contribution in [2.45, 2.75) is 118 Å². The Labute approximate surface area is 183 Å². The second kappa shape index (κ2) is 7.24. The Bertz CT molecular complexity index is 654. The van der Waals surface area contributed by atoms with Gasteiger partial charge in [-0.05, 0) is 84.9 Å².